The van der Waals surface area contributed by atoms with E-state index in [4.69, 9.17) is 5.11 Å². The summed E-state index contributed by atoms with van der Waals surface area (Å²) in [6.45, 7) is 4.80. The summed E-state index contributed by atoms with van der Waals surface area (Å²) in [5.74, 6) is -0.938. The smallest absolute Gasteiger partial charge is 0.347 e. The third-order valence-corrected chi connectivity index (χ3v) is 3.67. The Labute approximate surface area is 109 Å². The quantitative estimate of drug-likeness (QED) is 0.889. The van der Waals surface area contributed by atoms with E-state index in [-0.39, 0.29) is 4.88 Å². The molecule has 0 saturated carbocycles. The summed E-state index contributed by atoms with van der Waals surface area (Å²) in [6.07, 6.45) is 1.37. The second kappa shape index (κ2) is 5.18. The summed E-state index contributed by atoms with van der Waals surface area (Å²) in [5, 5.41) is 12.6. The molecule has 0 aliphatic heterocycles. The van der Waals surface area contributed by atoms with Gasteiger partial charge in [0.05, 0.1) is 6.20 Å². The van der Waals surface area contributed by atoms with Gasteiger partial charge in [0.25, 0.3) is 0 Å². The molecule has 0 saturated heterocycles. The van der Waals surface area contributed by atoms with Crippen LogP contribution >= 0.6 is 11.3 Å². The number of aromatic carboxylic acids is 1. The van der Waals surface area contributed by atoms with Crippen LogP contribution in [0.25, 0.3) is 0 Å². The van der Waals surface area contributed by atoms with Crippen LogP contribution in [-0.4, -0.2) is 16.1 Å². The van der Waals surface area contributed by atoms with Gasteiger partial charge in [0, 0.05) is 6.54 Å². The minimum atomic E-state index is -0.938. The lowest BCUT2D eigenvalue weighted by molar-refractivity contribution is 0.0702. The second-order valence-corrected chi connectivity index (χ2v) is 5.14. The average molecular weight is 262 g/mol. The van der Waals surface area contributed by atoms with E-state index < -0.39 is 5.97 Å². The lowest BCUT2D eigenvalue weighted by atomic mass is 10.1. The van der Waals surface area contributed by atoms with E-state index in [0.717, 1.165) is 16.9 Å². The number of carbonyl (C=O) groups is 1. The molecule has 1 aromatic heterocycles. The second-order valence-electron chi connectivity index (χ2n) is 4.11. The van der Waals surface area contributed by atoms with Crippen molar-refractivity contribution in [2.75, 3.05) is 5.32 Å². The Kier molecular flexibility index (Phi) is 3.62. The van der Waals surface area contributed by atoms with E-state index in [1.807, 2.05) is 0 Å². The highest BCUT2D eigenvalue weighted by Crippen LogP contribution is 2.19. The average Bonchev–Trinajstić information content (AvgIpc) is 2.79. The van der Waals surface area contributed by atoms with Crippen LogP contribution in [0.1, 0.15) is 26.4 Å². The van der Waals surface area contributed by atoms with Crippen molar-refractivity contribution in [1.29, 1.82) is 0 Å². The first-order valence-corrected chi connectivity index (χ1v) is 6.37. The number of hydrogen-bond acceptors (Lipinski definition) is 4. The molecule has 4 nitrogen and oxygen atoms in total. The van der Waals surface area contributed by atoms with Gasteiger partial charge in [-0.1, -0.05) is 29.5 Å². The van der Waals surface area contributed by atoms with Gasteiger partial charge < -0.3 is 10.4 Å². The molecule has 0 unspecified atom stereocenters. The van der Waals surface area contributed by atoms with Crippen molar-refractivity contribution in [3.8, 4) is 0 Å². The molecule has 0 atom stereocenters. The Balaban J connectivity index is 2.02. The number of hydrogen-bond donors (Lipinski definition) is 2. The Morgan fingerprint density at radius 1 is 1.39 bits per heavy atom. The zero-order valence-corrected chi connectivity index (χ0v) is 11.0. The van der Waals surface area contributed by atoms with Gasteiger partial charge in [-0.2, -0.15) is 0 Å². The number of nitrogens with zero attached hydrogens (tertiary/aromatic N) is 1. The van der Waals surface area contributed by atoms with Crippen molar-refractivity contribution in [2.24, 2.45) is 0 Å². The number of carboxylic acids is 1. The van der Waals surface area contributed by atoms with Crippen LogP contribution < -0.4 is 5.32 Å². The minimum Gasteiger partial charge on any atom is -0.477 e. The summed E-state index contributed by atoms with van der Waals surface area (Å²) >= 11 is 1.15. The first kappa shape index (κ1) is 12.6. The molecule has 5 heteroatoms. The molecule has 0 bridgehead atoms. The Hall–Kier alpha value is -1.88. The number of carboxylic acid groups (broad SMARTS) is 1. The summed E-state index contributed by atoms with van der Waals surface area (Å²) in [5.41, 5.74) is 3.67. The standard InChI is InChI=1S/C13H14N2O2S/c1-8-3-4-10(5-9(8)2)6-14-13-15-7-11(18-13)12(16)17/h3-5,7H,6H2,1-2H3,(H,14,15)(H,16,17). The van der Waals surface area contributed by atoms with Gasteiger partial charge in [0.2, 0.25) is 0 Å². The molecule has 1 aromatic carbocycles. The van der Waals surface area contributed by atoms with Crippen molar-refractivity contribution in [3.05, 3.63) is 46.0 Å². The zero-order valence-electron chi connectivity index (χ0n) is 10.2. The van der Waals surface area contributed by atoms with Gasteiger partial charge in [-0.25, -0.2) is 9.78 Å². The van der Waals surface area contributed by atoms with Crippen LogP contribution in [0.2, 0.25) is 0 Å². The van der Waals surface area contributed by atoms with E-state index in [0.29, 0.717) is 11.7 Å². The number of rotatable bonds is 4. The molecular formula is C13H14N2O2S. The lowest BCUT2D eigenvalue weighted by Crippen LogP contribution is -1.99. The predicted molar refractivity (Wildman–Crippen MR) is 72.3 cm³/mol. The summed E-state index contributed by atoms with van der Waals surface area (Å²) in [4.78, 5) is 15.0. The van der Waals surface area contributed by atoms with Gasteiger partial charge in [-0.05, 0) is 30.5 Å². The monoisotopic (exact) mass is 262 g/mol. The van der Waals surface area contributed by atoms with Crippen molar-refractivity contribution < 1.29 is 9.90 Å². The van der Waals surface area contributed by atoms with Gasteiger partial charge in [-0.15, -0.1) is 0 Å². The maximum Gasteiger partial charge on any atom is 0.347 e. The fourth-order valence-corrected chi connectivity index (χ4v) is 2.20. The van der Waals surface area contributed by atoms with E-state index >= 15 is 0 Å². The van der Waals surface area contributed by atoms with Gasteiger partial charge in [0.15, 0.2) is 5.13 Å². The Morgan fingerprint density at radius 3 is 2.78 bits per heavy atom. The molecule has 18 heavy (non-hydrogen) atoms. The SMILES string of the molecule is Cc1ccc(CNc2ncc(C(=O)O)s2)cc1C. The molecule has 0 radical (unpaired) electrons. The fourth-order valence-electron chi connectivity index (χ4n) is 1.55. The highest BCUT2D eigenvalue weighted by atomic mass is 32.1. The lowest BCUT2D eigenvalue weighted by Gasteiger charge is -2.05. The summed E-state index contributed by atoms with van der Waals surface area (Å²) < 4.78 is 0. The molecule has 0 spiro atoms. The van der Waals surface area contributed by atoms with Gasteiger partial charge >= 0.3 is 5.97 Å². The molecule has 0 amide bonds. The Bertz CT molecular complexity index is 578. The summed E-state index contributed by atoms with van der Waals surface area (Å²) in [6, 6.07) is 6.26. The van der Waals surface area contributed by atoms with Gasteiger partial charge in [-0.3, -0.25) is 0 Å². The van der Waals surface area contributed by atoms with Crippen LogP contribution in [-0.2, 0) is 6.54 Å². The van der Waals surface area contributed by atoms with Crippen LogP contribution in [0.15, 0.2) is 24.4 Å². The van der Waals surface area contributed by atoms with Crippen molar-refractivity contribution in [2.45, 2.75) is 20.4 Å². The molecule has 94 valence electrons. The Morgan fingerprint density at radius 2 is 2.17 bits per heavy atom. The normalized spacial score (nSPS) is 10.3. The highest BCUT2D eigenvalue weighted by molar-refractivity contribution is 7.17. The zero-order chi connectivity index (χ0) is 13.1. The van der Waals surface area contributed by atoms with E-state index in [2.05, 4.69) is 42.3 Å². The fraction of sp³-hybridized carbons (Fsp3) is 0.231. The van der Waals surface area contributed by atoms with Crippen LogP contribution in [0.5, 0.6) is 0 Å². The first-order chi connectivity index (χ1) is 8.56. The molecule has 0 fully saturated rings. The van der Waals surface area contributed by atoms with E-state index in [1.165, 1.54) is 17.3 Å². The molecule has 0 aliphatic carbocycles. The number of benzene rings is 1. The number of aryl methyl sites for hydroxylation is 2. The molecular weight excluding hydrogens is 248 g/mol. The molecule has 1 heterocycles. The maximum absolute atomic E-state index is 10.7. The minimum absolute atomic E-state index is 0.248. The summed E-state index contributed by atoms with van der Waals surface area (Å²) in [7, 11) is 0. The van der Waals surface area contributed by atoms with Crippen molar-refractivity contribution >= 4 is 22.4 Å². The van der Waals surface area contributed by atoms with Crippen molar-refractivity contribution in [1.82, 2.24) is 4.98 Å². The third kappa shape index (κ3) is 2.87. The first-order valence-electron chi connectivity index (χ1n) is 5.55. The molecule has 2 N–H and O–H groups in total. The van der Waals surface area contributed by atoms with Crippen LogP contribution in [0.4, 0.5) is 5.13 Å². The number of nitrogens with one attached hydrogen (secondary N) is 1. The third-order valence-electron chi connectivity index (χ3n) is 2.73. The highest BCUT2D eigenvalue weighted by Gasteiger charge is 2.07. The number of aromatic nitrogens is 1. The van der Waals surface area contributed by atoms with E-state index in [1.54, 1.807) is 0 Å². The molecule has 2 rings (SSSR count). The number of anilines is 1. The van der Waals surface area contributed by atoms with Crippen LogP contribution in [0, 0.1) is 13.8 Å². The van der Waals surface area contributed by atoms with Crippen LogP contribution in [0.3, 0.4) is 0 Å². The van der Waals surface area contributed by atoms with E-state index in [9.17, 15) is 4.79 Å². The molecule has 0 aliphatic rings. The van der Waals surface area contributed by atoms with Crippen molar-refractivity contribution in [3.63, 3.8) is 0 Å². The van der Waals surface area contributed by atoms with Gasteiger partial charge in [0.1, 0.15) is 4.88 Å². The largest absolute Gasteiger partial charge is 0.477 e. The number of thiazole rings is 1. The topological polar surface area (TPSA) is 62.2 Å². The molecule has 2 aromatic rings. The predicted octanol–water partition coefficient (Wildman–Crippen LogP) is 3.07. The maximum atomic E-state index is 10.7.